The molecular formula is C24H30O3. The maximum absolute atomic E-state index is 13.0. The van der Waals surface area contributed by atoms with Crippen LogP contribution < -0.4 is 0 Å². The highest BCUT2D eigenvalue weighted by Crippen LogP contribution is 2.31. The number of ketones is 1. The summed E-state index contributed by atoms with van der Waals surface area (Å²) in [5, 5.41) is 0. The van der Waals surface area contributed by atoms with Crippen molar-refractivity contribution in [2.75, 3.05) is 6.61 Å². The van der Waals surface area contributed by atoms with Gasteiger partial charge in [-0.3, -0.25) is 9.59 Å². The normalized spacial score (nSPS) is 13.0. The lowest BCUT2D eigenvalue weighted by molar-refractivity contribution is -0.144. The van der Waals surface area contributed by atoms with Crippen LogP contribution >= 0.6 is 0 Å². The molecule has 3 heteroatoms. The molecule has 0 aliphatic rings. The van der Waals surface area contributed by atoms with Gasteiger partial charge in [-0.25, -0.2) is 0 Å². The van der Waals surface area contributed by atoms with Crippen molar-refractivity contribution in [3.05, 3.63) is 71.3 Å². The number of Topliss-reactive ketones (excluding diaryl/α,β-unsaturated/α-hetero) is 1. The Morgan fingerprint density at radius 1 is 0.963 bits per heavy atom. The van der Waals surface area contributed by atoms with Gasteiger partial charge in [0.1, 0.15) is 0 Å². The average Bonchev–Trinajstić information content (AvgIpc) is 2.69. The summed E-state index contributed by atoms with van der Waals surface area (Å²) < 4.78 is 5.40. The van der Waals surface area contributed by atoms with E-state index in [4.69, 9.17) is 4.74 Å². The van der Waals surface area contributed by atoms with Gasteiger partial charge in [0.2, 0.25) is 0 Å². The van der Waals surface area contributed by atoms with Gasteiger partial charge >= 0.3 is 5.97 Å². The summed E-state index contributed by atoms with van der Waals surface area (Å²) in [6.45, 7) is 6.48. The molecule has 0 aliphatic heterocycles. The van der Waals surface area contributed by atoms with Crippen molar-refractivity contribution < 1.29 is 14.3 Å². The van der Waals surface area contributed by atoms with Crippen LogP contribution in [0.25, 0.3) is 0 Å². The summed E-state index contributed by atoms with van der Waals surface area (Å²) in [4.78, 5) is 25.4. The zero-order valence-corrected chi connectivity index (χ0v) is 16.6. The van der Waals surface area contributed by atoms with Crippen molar-refractivity contribution in [3.63, 3.8) is 0 Å². The van der Waals surface area contributed by atoms with Crippen molar-refractivity contribution in [2.24, 2.45) is 5.92 Å². The van der Waals surface area contributed by atoms with Gasteiger partial charge in [-0.05, 0) is 18.9 Å². The zero-order valence-electron chi connectivity index (χ0n) is 16.6. The quantitative estimate of drug-likeness (QED) is 0.307. The first-order valence-corrected chi connectivity index (χ1v) is 9.84. The second kappa shape index (κ2) is 10.7. The Morgan fingerprint density at radius 2 is 1.63 bits per heavy atom. The fourth-order valence-corrected chi connectivity index (χ4v) is 3.22. The molecule has 0 bridgehead atoms. The molecule has 0 spiro atoms. The van der Waals surface area contributed by atoms with Gasteiger partial charge in [-0.1, -0.05) is 86.8 Å². The number of ether oxygens (including phenoxy) is 1. The van der Waals surface area contributed by atoms with Crippen LogP contribution in [0.1, 0.15) is 66.9 Å². The number of unbranched alkanes of at least 4 members (excludes halogenated alkanes) is 2. The molecule has 0 N–H and O–H groups in total. The van der Waals surface area contributed by atoms with Crippen LogP contribution in [0.5, 0.6) is 0 Å². The van der Waals surface area contributed by atoms with E-state index in [1.54, 1.807) is 0 Å². The predicted octanol–water partition coefficient (Wildman–Crippen LogP) is 5.72. The number of hydrogen-bond acceptors (Lipinski definition) is 3. The number of esters is 1. The Labute approximate surface area is 162 Å². The van der Waals surface area contributed by atoms with E-state index in [2.05, 4.69) is 6.92 Å². The minimum Gasteiger partial charge on any atom is -0.466 e. The Balaban J connectivity index is 2.13. The highest BCUT2D eigenvalue weighted by atomic mass is 16.5. The molecule has 27 heavy (non-hydrogen) atoms. The van der Waals surface area contributed by atoms with Gasteiger partial charge in [0.15, 0.2) is 5.78 Å². The van der Waals surface area contributed by atoms with E-state index in [1.165, 1.54) is 0 Å². The first-order chi connectivity index (χ1) is 13.0. The molecule has 0 aliphatic carbocycles. The fourth-order valence-electron chi connectivity index (χ4n) is 3.22. The third kappa shape index (κ3) is 6.35. The molecular weight excluding hydrogens is 336 g/mol. The van der Waals surface area contributed by atoms with Crippen molar-refractivity contribution in [3.8, 4) is 0 Å². The zero-order chi connectivity index (χ0) is 19.6. The highest BCUT2D eigenvalue weighted by molar-refractivity contribution is 5.98. The van der Waals surface area contributed by atoms with Crippen LogP contribution in [0.2, 0.25) is 0 Å². The van der Waals surface area contributed by atoms with Crippen molar-refractivity contribution in [2.45, 2.75) is 52.4 Å². The summed E-state index contributed by atoms with van der Waals surface area (Å²) in [7, 11) is 0. The largest absolute Gasteiger partial charge is 0.466 e. The van der Waals surface area contributed by atoms with Gasteiger partial charge in [0.25, 0.3) is 0 Å². The monoisotopic (exact) mass is 366 g/mol. The number of benzene rings is 2. The van der Waals surface area contributed by atoms with Crippen LogP contribution in [0.15, 0.2) is 54.6 Å². The lowest BCUT2D eigenvalue weighted by Gasteiger charge is -2.23. The Bertz CT molecular complexity index is 719. The van der Waals surface area contributed by atoms with E-state index < -0.39 is 0 Å². The lowest BCUT2D eigenvalue weighted by Crippen LogP contribution is -2.23. The van der Waals surface area contributed by atoms with Crippen LogP contribution in [0.3, 0.4) is 0 Å². The van der Waals surface area contributed by atoms with Gasteiger partial charge < -0.3 is 4.74 Å². The first kappa shape index (κ1) is 20.9. The molecule has 0 radical (unpaired) electrons. The highest BCUT2D eigenvalue weighted by Gasteiger charge is 2.29. The third-order valence-electron chi connectivity index (χ3n) is 4.98. The molecule has 2 aromatic rings. The SMILES string of the molecule is CCCCCOC(=O)CC(c1ccccc1)C(C)C(=O)c1ccc(C)cc1. The minimum atomic E-state index is -0.307. The molecule has 2 unspecified atom stereocenters. The number of rotatable bonds is 10. The molecule has 0 saturated heterocycles. The summed E-state index contributed by atoms with van der Waals surface area (Å²) in [6, 6.07) is 17.4. The van der Waals surface area contributed by atoms with Gasteiger partial charge in [-0.2, -0.15) is 0 Å². The Kier molecular flexibility index (Phi) is 8.25. The molecule has 2 aromatic carbocycles. The number of carbonyl (C=O) groups is 2. The minimum absolute atomic E-state index is 0.0580. The van der Waals surface area contributed by atoms with Crippen LogP contribution in [0.4, 0.5) is 0 Å². The van der Waals surface area contributed by atoms with Crippen LogP contribution in [-0.4, -0.2) is 18.4 Å². The van der Waals surface area contributed by atoms with E-state index in [0.29, 0.717) is 12.2 Å². The molecule has 144 valence electrons. The summed E-state index contributed by atoms with van der Waals surface area (Å²) in [5.41, 5.74) is 2.80. The molecule has 0 heterocycles. The average molecular weight is 367 g/mol. The van der Waals surface area contributed by atoms with Crippen molar-refractivity contribution >= 4 is 11.8 Å². The standard InChI is InChI=1S/C24H30O3/c1-4-5-9-16-27-23(25)17-22(20-10-7-6-8-11-20)19(3)24(26)21-14-12-18(2)13-15-21/h6-8,10-15,19,22H,4-5,9,16-17H2,1-3H3. The smallest absolute Gasteiger partial charge is 0.306 e. The number of aryl methyl sites for hydroxylation is 1. The molecule has 2 rings (SSSR count). The molecule has 3 nitrogen and oxygen atoms in total. The van der Waals surface area contributed by atoms with Gasteiger partial charge in [0, 0.05) is 17.4 Å². The Morgan fingerprint density at radius 3 is 2.26 bits per heavy atom. The Hall–Kier alpha value is -2.42. The summed E-state index contributed by atoms with van der Waals surface area (Å²) in [5.74, 6) is -0.678. The van der Waals surface area contributed by atoms with E-state index in [0.717, 1.165) is 30.4 Å². The third-order valence-corrected chi connectivity index (χ3v) is 4.98. The van der Waals surface area contributed by atoms with Crippen LogP contribution in [-0.2, 0) is 9.53 Å². The molecule has 0 amide bonds. The summed E-state index contributed by atoms with van der Waals surface area (Å²) in [6.07, 6.45) is 3.25. The first-order valence-electron chi connectivity index (χ1n) is 9.84. The molecule has 0 aromatic heterocycles. The van der Waals surface area contributed by atoms with E-state index >= 15 is 0 Å². The molecule has 0 fully saturated rings. The summed E-state index contributed by atoms with van der Waals surface area (Å²) >= 11 is 0. The van der Waals surface area contributed by atoms with Gasteiger partial charge in [-0.15, -0.1) is 0 Å². The van der Waals surface area contributed by atoms with E-state index in [-0.39, 0.29) is 30.0 Å². The maximum atomic E-state index is 13.0. The molecule has 2 atom stereocenters. The second-order valence-electron chi connectivity index (χ2n) is 7.17. The number of carbonyl (C=O) groups excluding carboxylic acids is 2. The van der Waals surface area contributed by atoms with Crippen molar-refractivity contribution in [1.29, 1.82) is 0 Å². The topological polar surface area (TPSA) is 43.4 Å². The van der Waals surface area contributed by atoms with E-state index in [1.807, 2.05) is 68.4 Å². The number of hydrogen-bond donors (Lipinski definition) is 0. The predicted molar refractivity (Wildman–Crippen MR) is 109 cm³/mol. The van der Waals surface area contributed by atoms with Crippen molar-refractivity contribution in [1.82, 2.24) is 0 Å². The van der Waals surface area contributed by atoms with Gasteiger partial charge in [0.05, 0.1) is 13.0 Å². The fraction of sp³-hybridized carbons (Fsp3) is 0.417. The van der Waals surface area contributed by atoms with E-state index in [9.17, 15) is 9.59 Å². The van der Waals surface area contributed by atoms with Crippen LogP contribution in [0, 0.1) is 12.8 Å². The lowest BCUT2D eigenvalue weighted by atomic mass is 9.80. The second-order valence-corrected chi connectivity index (χ2v) is 7.17. The maximum Gasteiger partial charge on any atom is 0.306 e. The molecule has 0 saturated carbocycles.